The molecule has 1 aliphatic rings. The van der Waals surface area contributed by atoms with Crippen molar-refractivity contribution in [1.29, 1.82) is 0 Å². The number of fused-ring (bicyclic) bond motifs is 3. The minimum absolute atomic E-state index is 0.337. The first-order chi connectivity index (χ1) is 20.9. The van der Waals surface area contributed by atoms with Crippen LogP contribution in [0.5, 0.6) is 11.5 Å². The lowest BCUT2D eigenvalue weighted by Gasteiger charge is -2.29. The SMILES string of the molecule is C=CC(=O)Nc1cc(N2CCOCC2)cnc1Nc1cc2c(cn1)cc(-c1c(Cl)c(OC)cc(OC)c1Cl)c1nccn12. The highest BCUT2D eigenvalue weighted by molar-refractivity contribution is 6.41. The van der Waals surface area contributed by atoms with Crippen LogP contribution in [0.4, 0.5) is 23.0 Å². The summed E-state index contributed by atoms with van der Waals surface area (Å²) in [5.74, 6) is 1.43. The number of rotatable bonds is 8. The maximum Gasteiger partial charge on any atom is 0.247 e. The summed E-state index contributed by atoms with van der Waals surface area (Å²) in [5.41, 5.74) is 4.02. The molecule has 1 fully saturated rings. The molecule has 0 unspecified atom stereocenters. The predicted molar refractivity (Wildman–Crippen MR) is 168 cm³/mol. The molecule has 4 aromatic heterocycles. The van der Waals surface area contributed by atoms with Crippen molar-refractivity contribution in [3.63, 3.8) is 0 Å². The Bertz CT molecular complexity index is 1840. The summed E-state index contributed by atoms with van der Waals surface area (Å²) >= 11 is 13.5. The number of morpholine rings is 1. The molecular weight excluding hydrogens is 593 g/mol. The van der Waals surface area contributed by atoms with Crippen molar-refractivity contribution in [2.45, 2.75) is 0 Å². The van der Waals surface area contributed by atoms with Gasteiger partial charge in [-0.3, -0.25) is 9.20 Å². The lowest BCUT2D eigenvalue weighted by molar-refractivity contribution is -0.111. The molecule has 1 aromatic carbocycles. The molecule has 0 radical (unpaired) electrons. The van der Waals surface area contributed by atoms with Gasteiger partial charge in [0.25, 0.3) is 0 Å². The zero-order valence-corrected chi connectivity index (χ0v) is 24.9. The van der Waals surface area contributed by atoms with Crippen molar-refractivity contribution >= 4 is 68.7 Å². The summed E-state index contributed by atoms with van der Waals surface area (Å²) in [6, 6.07) is 7.31. The van der Waals surface area contributed by atoms with Crippen LogP contribution < -0.4 is 25.0 Å². The fourth-order valence-corrected chi connectivity index (χ4v) is 5.72. The number of ether oxygens (including phenoxy) is 3. The molecular formula is C30H27Cl2N7O4. The maximum atomic E-state index is 12.3. The molecule has 0 aliphatic carbocycles. The average molecular weight is 620 g/mol. The van der Waals surface area contributed by atoms with E-state index in [0.717, 1.165) is 29.7 Å². The van der Waals surface area contributed by atoms with E-state index in [9.17, 15) is 4.79 Å². The number of hydrogen-bond donors (Lipinski definition) is 2. The first kappa shape index (κ1) is 28.5. The maximum absolute atomic E-state index is 12.3. The Morgan fingerprint density at radius 3 is 2.47 bits per heavy atom. The third-order valence-electron chi connectivity index (χ3n) is 7.14. The quantitative estimate of drug-likeness (QED) is 0.203. The average Bonchev–Trinajstić information content (AvgIpc) is 3.53. The normalized spacial score (nSPS) is 13.3. The molecule has 5 heterocycles. The van der Waals surface area contributed by atoms with E-state index < -0.39 is 0 Å². The van der Waals surface area contributed by atoms with E-state index in [-0.39, 0.29) is 5.91 Å². The largest absolute Gasteiger partial charge is 0.495 e. The highest BCUT2D eigenvalue weighted by Crippen LogP contribution is 2.47. The molecule has 220 valence electrons. The minimum Gasteiger partial charge on any atom is -0.495 e. The van der Waals surface area contributed by atoms with E-state index in [4.69, 9.17) is 37.4 Å². The smallest absolute Gasteiger partial charge is 0.247 e. The van der Waals surface area contributed by atoms with Gasteiger partial charge in [0.1, 0.15) is 23.0 Å². The van der Waals surface area contributed by atoms with Crippen LogP contribution in [0, 0.1) is 0 Å². The number of nitrogens with one attached hydrogen (secondary N) is 2. The third kappa shape index (κ3) is 5.38. The van der Waals surface area contributed by atoms with Gasteiger partial charge in [-0.05, 0) is 18.2 Å². The first-order valence-electron chi connectivity index (χ1n) is 13.3. The van der Waals surface area contributed by atoms with Gasteiger partial charge in [-0.15, -0.1) is 0 Å². The lowest BCUT2D eigenvalue weighted by atomic mass is 10.0. The number of aromatic nitrogens is 4. The fraction of sp³-hybridized carbons (Fsp3) is 0.200. The van der Waals surface area contributed by atoms with Crippen molar-refractivity contribution in [3.8, 4) is 22.6 Å². The second kappa shape index (κ2) is 12.0. The molecule has 11 nitrogen and oxygen atoms in total. The van der Waals surface area contributed by atoms with Crippen molar-refractivity contribution < 1.29 is 19.0 Å². The summed E-state index contributed by atoms with van der Waals surface area (Å²) in [7, 11) is 3.06. The molecule has 1 aliphatic heterocycles. The van der Waals surface area contributed by atoms with Gasteiger partial charge in [-0.25, -0.2) is 15.0 Å². The number of halogens is 2. The summed E-state index contributed by atoms with van der Waals surface area (Å²) in [4.78, 5) is 28.3. The third-order valence-corrected chi connectivity index (χ3v) is 7.89. The second-order valence-electron chi connectivity index (χ2n) is 9.60. The van der Waals surface area contributed by atoms with E-state index in [1.807, 2.05) is 28.8 Å². The Balaban J connectivity index is 1.42. The van der Waals surface area contributed by atoms with Gasteiger partial charge >= 0.3 is 0 Å². The van der Waals surface area contributed by atoms with Crippen LogP contribution in [0.1, 0.15) is 0 Å². The highest BCUT2D eigenvalue weighted by atomic mass is 35.5. The van der Waals surface area contributed by atoms with E-state index in [2.05, 4.69) is 37.1 Å². The molecule has 0 saturated carbocycles. The van der Waals surface area contributed by atoms with Crippen LogP contribution in [0.15, 0.2) is 61.7 Å². The zero-order chi connectivity index (χ0) is 30.1. The Labute approximate surface area is 257 Å². The van der Waals surface area contributed by atoms with Crippen LogP contribution in [-0.2, 0) is 9.53 Å². The van der Waals surface area contributed by atoms with Crippen molar-refractivity contribution in [2.24, 2.45) is 0 Å². The van der Waals surface area contributed by atoms with Crippen molar-refractivity contribution in [2.75, 3.05) is 56.1 Å². The van der Waals surface area contributed by atoms with Crippen LogP contribution in [-0.4, -0.2) is 65.8 Å². The number of carbonyl (C=O) groups excluding carboxylic acids is 1. The molecule has 1 amide bonds. The van der Waals surface area contributed by atoms with E-state index in [0.29, 0.717) is 68.9 Å². The molecule has 1 saturated heterocycles. The predicted octanol–water partition coefficient (Wildman–Crippen LogP) is 5.97. The van der Waals surface area contributed by atoms with Gasteiger partial charge in [0.2, 0.25) is 5.91 Å². The number of carbonyl (C=O) groups is 1. The lowest BCUT2D eigenvalue weighted by Crippen LogP contribution is -2.36. The van der Waals surface area contributed by atoms with Gasteiger partial charge in [0.05, 0.1) is 60.6 Å². The standard InChI is InChI=1S/C30H27Cl2N7O4/c1-4-25(40)36-20-12-18(38-7-9-43-10-8-38)16-35-29(20)37-24-13-21-17(15-34-24)11-19(30-33-5-6-39(21)30)26-27(31)22(41-2)14-23(42-3)28(26)32/h4-6,11-16H,1,7-10H2,2-3H3,(H,36,40)(H,34,35,37). The number of methoxy groups -OCH3 is 2. The summed E-state index contributed by atoms with van der Waals surface area (Å²) in [6.07, 6.45) is 8.23. The fourth-order valence-electron chi connectivity index (χ4n) is 5.01. The van der Waals surface area contributed by atoms with Gasteiger partial charge in [0, 0.05) is 60.3 Å². The Hall–Kier alpha value is -4.58. The minimum atomic E-state index is -0.352. The number of benzene rings is 1. The van der Waals surface area contributed by atoms with Gasteiger partial charge < -0.3 is 29.7 Å². The first-order valence-corrected chi connectivity index (χ1v) is 14.1. The summed E-state index contributed by atoms with van der Waals surface area (Å²) in [5, 5.41) is 7.58. The summed E-state index contributed by atoms with van der Waals surface area (Å²) < 4.78 is 18.3. The molecule has 6 rings (SSSR count). The molecule has 0 spiro atoms. The van der Waals surface area contributed by atoms with Gasteiger partial charge in [0.15, 0.2) is 5.82 Å². The molecule has 0 bridgehead atoms. The number of hydrogen-bond acceptors (Lipinski definition) is 9. The Morgan fingerprint density at radius 2 is 1.77 bits per heavy atom. The van der Waals surface area contributed by atoms with Crippen LogP contribution >= 0.6 is 23.2 Å². The number of pyridine rings is 3. The van der Waals surface area contributed by atoms with Crippen LogP contribution in [0.2, 0.25) is 10.0 Å². The van der Waals surface area contributed by atoms with E-state index >= 15 is 0 Å². The Kier molecular flexibility index (Phi) is 7.94. The molecule has 13 heteroatoms. The monoisotopic (exact) mass is 619 g/mol. The molecule has 2 N–H and O–H groups in total. The van der Waals surface area contributed by atoms with E-state index in [1.54, 1.807) is 24.7 Å². The second-order valence-corrected chi connectivity index (χ2v) is 10.4. The van der Waals surface area contributed by atoms with Crippen LogP contribution in [0.25, 0.3) is 27.7 Å². The number of amides is 1. The van der Waals surface area contributed by atoms with Gasteiger partial charge in [-0.2, -0.15) is 0 Å². The molecule has 0 atom stereocenters. The van der Waals surface area contributed by atoms with Crippen molar-refractivity contribution in [1.82, 2.24) is 19.4 Å². The molecule has 43 heavy (non-hydrogen) atoms. The number of anilines is 4. The number of nitrogens with zero attached hydrogens (tertiary/aromatic N) is 5. The topological polar surface area (TPSA) is 115 Å². The van der Waals surface area contributed by atoms with E-state index in [1.165, 1.54) is 20.3 Å². The number of imidazole rings is 1. The Morgan fingerprint density at radius 1 is 1.02 bits per heavy atom. The van der Waals surface area contributed by atoms with Crippen LogP contribution in [0.3, 0.4) is 0 Å². The van der Waals surface area contributed by atoms with Gasteiger partial charge in [-0.1, -0.05) is 29.8 Å². The molecule has 5 aromatic rings. The zero-order valence-electron chi connectivity index (χ0n) is 23.4. The summed E-state index contributed by atoms with van der Waals surface area (Å²) in [6.45, 7) is 6.29. The highest BCUT2D eigenvalue weighted by Gasteiger charge is 2.23. The van der Waals surface area contributed by atoms with Crippen molar-refractivity contribution in [3.05, 3.63) is 71.8 Å².